The number of halogens is 1. The molecular weight excluding hydrogens is 230 g/mol. The van der Waals surface area contributed by atoms with Crippen LogP contribution in [0.5, 0.6) is 0 Å². The third-order valence-corrected chi connectivity index (χ3v) is 2.65. The van der Waals surface area contributed by atoms with E-state index >= 15 is 0 Å². The second-order valence-corrected chi connectivity index (χ2v) is 4.00. The Labute approximate surface area is 98.5 Å². The summed E-state index contributed by atoms with van der Waals surface area (Å²) in [6.07, 6.45) is 3.60. The minimum atomic E-state index is 0.242. The summed E-state index contributed by atoms with van der Waals surface area (Å²) in [5, 5.41) is 3.70. The summed E-state index contributed by atoms with van der Waals surface area (Å²) in [6.45, 7) is 1.50. The molecule has 0 aliphatic carbocycles. The number of ether oxygens (including phenoxy) is 1. The number of anilines is 2. The predicted octanol–water partition coefficient (Wildman–Crippen LogP) is 1.01. The summed E-state index contributed by atoms with van der Waals surface area (Å²) in [6, 6.07) is 0.242. The van der Waals surface area contributed by atoms with Crippen molar-refractivity contribution in [2.24, 2.45) is 5.84 Å². The second kappa shape index (κ2) is 5.29. The van der Waals surface area contributed by atoms with Crippen molar-refractivity contribution in [2.75, 3.05) is 24.0 Å². The highest BCUT2D eigenvalue weighted by Crippen LogP contribution is 2.21. The van der Waals surface area contributed by atoms with Gasteiger partial charge in [-0.1, -0.05) is 11.6 Å². The summed E-state index contributed by atoms with van der Waals surface area (Å²) < 4.78 is 5.36. The minimum absolute atomic E-state index is 0.242. The molecule has 0 bridgehead atoms. The van der Waals surface area contributed by atoms with E-state index in [1.807, 2.05) is 0 Å². The molecule has 1 aliphatic heterocycles. The van der Waals surface area contributed by atoms with Gasteiger partial charge in [-0.2, -0.15) is 4.98 Å². The smallest absolute Gasteiger partial charge is 0.239 e. The topological polar surface area (TPSA) is 85.1 Å². The van der Waals surface area contributed by atoms with Gasteiger partial charge in [-0.15, -0.1) is 0 Å². The zero-order valence-corrected chi connectivity index (χ0v) is 9.50. The lowest BCUT2D eigenvalue weighted by molar-refractivity contribution is 0.0875. The SMILES string of the molecule is NNc1ncc(Cl)c(NC2CCCOC2)n1. The number of nitrogens with one attached hydrogen (secondary N) is 2. The molecule has 0 radical (unpaired) electrons. The van der Waals surface area contributed by atoms with Crippen molar-refractivity contribution in [3.63, 3.8) is 0 Å². The Bertz CT molecular complexity index is 356. The number of nitrogen functional groups attached to an aromatic ring is 1. The molecule has 0 saturated carbocycles. The van der Waals surface area contributed by atoms with Crippen molar-refractivity contribution in [3.8, 4) is 0 Å². The fourth-order valence-corrected chi connectivity index (χ4v) is 1.73. The van der Waals surface area contributed by atoms with Gasteiger partial charge >= 0.3 is 0 Å². The van der Waals surface area contributed by atoms with E-state index in [1.54, 1.807) is 0 Å². The van der Waals surface area contributed by atoms with Crippen molar-refractivity contribution in [1.29, 1.82) is 0 Å². The van der Waals surface area contributed by atoms with Crippen molar-refractivity contribution >= 4 is 23.4 Å². The van der Waals surface area contributed by atoms with Crippen LogP contribution in [0.3, 0.4) is 0 Å². The van der Waals surface area contributed by atoms with Crippen LogP contribution in [0.25, 0.3) is 0 Å². The van der Waals surface area contributed by atoms with Crippen molar-refractivity contribution < 1.29 is 4.74 Å². The first kappa shape index (κ1) is 11.4. The number of nitrogens with two attached hydrogens (primary N) is 1. The van der Waals surface area contributed by atoms with Crippen LogP contribution in [0.2, 0.25) is 5.02 Å². The Morgan fingerprint density at radius 2 is 2.44 bits per heavy atom. The first-order valence-corrected chi connectivity index (χ1v) is 5.51. The molecule has 16 heavy (non-hydrogen) atoms. The van der Waals surface area contributed by atoms with Gasteiger partial charge in [0, 0.05) is 6.61 Å². The zero-order valence-electron chi connectivity index (χ0n) is 8.74. The van der Waals surface area contributed by atoms with E-state index in [-0.39, 0.29) is 6.04 Å². The first-order valence-electron chi connectivity index (χ1n) is 5.13. The highest BCUT2D eigenvalue weighted by Gasteiger charge is 2.15. The molecule has 2 heterocycles. The molecule has 1 aromatic rings. The molecule has 1 fully saturated rings. The Hall–Kier alpha value is -1.11. The molecule has 1 aromatic heterocycles. The number of hydrogen-bond acceptors (Lipinski definition) is 6. The fraction of sp³-hybridized carbons (Fsp3) is 0.556. The maximum Gasteiger partial charge on any atom is 0.239 e. The van der Waals surface area contributed by atoms with E-state index < -0.39 is 0 Å². The van der Waals surface area contributed by atoms with Crippen LogP contribution in [0.1, 0.15) is 12.8 Å². The molecule has 1 atom stereocenters. The predicted molar refractivity (Wildman–Crippen MR) is 62.3 cm³/mol. The van der Waals surface area contributed by atoms with Crippen molar-refractivity contribution in [3.05, 3.63) is 11.2 Å². The Morgan fingerprint density at radius 1 is 1.56 bits per heavy atom. The molecule has 1 aliphatic rings. The monoisotopic (exact) mass is 243 g/mol. The van der Waals surface area contributed by atoms with Crippen LogP contribution in [-0.2, 0) is 4.74 Å². The molecule has 0 aromatic carbocycles. The lowest BCUT2D eigenvalue weighted by atomic mass is 10.1. The van der Waals surface area contributed by atoms with Gasteiger partial charge < -0.3 is 10.1 Å². The summed E-state index contributed by atoms with van der Waals surface area (Å²) >= 11 is 5.98. The maximum atomic E-state index is 5.98. The van der Waals surface area contributed by atoms with Crippen molar-refractivity contribution in [1.82, 2.24) is 9.97 Å². The fourth-order valence-electron chi connectivity index (χ4n) is 1.59. The number of hydrazine groups is 1. The van der Waals surface area contributed by atoms with Crippen LogP contribution in [0.4, 0.5) is 11.8 Å². The zero-order chi connectivity index (χ0) is 11.4. The number of rotatable bonds is 3. The molecule has 7 heteroatoms. The highest BCUT2D eigenvalue weighted by atomic mass is 35.5. The Morgan fingerprint density at radius 3 is 3.12 bits per heavy atom. The van der Waals surface area contributed by atoms with Crippen LogP contribution in [0, 0.1) is 0 Å². The molecule has 0 spiro atoms. The molecule has 6 nitrogen and oxygen atoms in total. The van der Waals surface area contributed by atoms with Crippen LogP contribution in [0.15, 0.2) is 6.20 Å². The van der Waals surface area contributed by atoms with Gasteiger partial charge in [-0.3, -0.25) is 5.43 Å². The van der Waals surface area contributed by atoms with Crippen LogP contribution >= 0.6 is 11.6 Å². The number of hydrogen-bond donors (Lipinski definition) is 3. The molecular formula is C9H14ClN5O. The normalized spacial score (nSPS) is 20.5. The molecule has 1 unspecified atom stereocenters. The van der Waals surface area contributed by atoms with Gasteiger partial charge in [0.25, 0.3) is 0 Å². The summed E-state index contributed by atoms with van der Waals surface area (Å²) in [5.41, 5.74) is 2.38. The molecule has 0 amide bonds. The van der Waals surface area contributed by atoms with E-state index in [9.17, 15) is 0 Å². The lowest BCUT2D eigenvalue weighted by Gasteiger charge is -2.24. The molecule has 2 rings (SSSR count). The van der Waals surface area contributed by atoms with E-state index in [0.29, 0.717) is 23.4 Å². The van der Waals surface area contributed by atoms with Gasteiger partial charge in [0.15, 0.2) is 5.82 Å². The summed E-state index contributed by atoms with van der Waals surface area (Å²) in [4.78, 5) is 8.04. The highest BCUT2D eigenvalue weighted by molar-refractivity contribution is 6.32. The quantitative estimate of drug-likeness (QED) is 0.543. The van der Waals surface area contributed by atoms with Gasteiger partial charge in [-0.25, -0.2) is 10.8 Å². The summed E-state index contributed by atoms with van der Waals surface area (Å²) in [5.74, 6) is 6.15. The third kappa shape index (κ3) is 2.72. The van der Waals surface area contributed by atoms with E-state index in [2.05, 4.69) is 20.7 Å². The van der Waals surface area contributed by atoms with Gasteiger partial charge in [-0.05, 0) is 12.8 Å². The first-order chi connectivity index (χ1) is 7.79. The lowest BCUT2D eigenvalue weighted by Crippen LogP contribution is -2.30. The number of nitrogens with zero attached hydrogens (tertiary/aromatic N) is 2. The average Bonchev–Trinajstić information content (AvgIpc) is 2.33. The van der Waals surface area contributed by atoms with E-state index in [0.717, 1.165) is 19.4 Å². The largest absolute Gasteiger partial charge is 0.379 e. The average molecular weight is 244 g/mol. The standard InChI is InChI=1S/C9H14ClN5O/c10-7-4-12-9(15-11)14-8(7)13-6-2-1-3-16-5-6/h4,6H,1-3,5,11H2,(H2,12,13,14,15). The third-order valence-electron chi connectivity index (χ3n) is 2.37. The maximum absolute atomic E-state index is 5.98. The van der Waals surface area contributed by atoms with Gasteiger partial charge in [0.2, 0.25) is 5.95 Å². The molecule has 88 valence electrons. The van der Waals surface area contributed by atoms with Crippen LogP contribution < -0.4 is 16.6 Å². The van der Waals surface area contributed by atoms with Crippen LogP contribution in [-0.4, -0.2) is 29.2 Å². The second-order valence-electron chi connectivity index (χ2n) is 3.59. The number of aromatic nitrogens is 2. The minimum Gasteiger partial charge on any atom is -0.379 e. The summed E-state index contributed by atoms with van der Waals surface area (Å²) in [7, 11) is 0. The molecule has 4 N–H and O–H groups in total. The van der Waals surface area contributed by atoms with E-state index in [4.69, 9.17) is 22.2 Å². The van der Waals surface area contributed by atoms with Gasteiger partial charge in [0.1, 0.15) is 5.02 Å². The van der Waals surface area contributed by atoms with E-state index in [1.165, 1.54) is 6.20 Å². The Kier molecular flexibility index (Phi) is 3.76. The van der Waals surface area contributed by atoms with Gasteiger partial charge in [0.05, 0.1) is 18.8 Å². The molecule has 1 saturated heterocycles. The Balaban J connectivity index is 2.06. The van der Waals surface area contributed by atoms with Crippen molar-refractivity contribution in [2.45, 2.75) is 18.9 Å².